The average Bonchev–Trinajstić information content (AvgIpc) is 2.72. The number of carbonyl (C=O) groups is 2. The van der Waals surface area contributed by atoms with Crippen molar-refractivity contribution in [3.8, 4) is 5.75 Å². The fraction of sp³-hybridized carbons (Fsp3) is 0.261. The second-order valence-corrected chi connectivity index (χ2v) is 7.16. The van der Waals surface area contributed by atoms with E-state index in [1.54, 1.807) is 18.2 Å². The lowest BCUT2D eigenvalue weighted by Crippen LogP contribution is -2.54. The van der Waals surface area contributed by atoms with Gasteiger partial charge >= 0.3 is 0 Å². The van der Waals surface area contributed by atoms with Crippen molar-refractivity contribution >= 4 is 40.9 Å². The number of thiocarbonyl (C=S) groups is 1. The van der Waals surface area contributed by atoms with Crippen LogP contribution in [0.4, 0.5) is 5.69 Å². The van der Waals surface area contributed by atoms with Crippen LogP contribution < -0.4 is 15.0 Å². The molecule has 1 aliphatic rings. The average molecular weight is 409 g/mol. The van der Waals surface area contributed by atoms with E-state index in [9.17, 15) is 9.59 Å². The number of nitrogens with one attached hydrogen (secondary N) is 1. The Labute approximate surface area is 176 Å². The third kappa shape index (κ3) is 5.29. The molecular formula is C23H24N2O3S. The summed E-state index contributed by atoms with van der Waals surface area (Å²) in [5, 5.41) is 2.67. The van der Waals surface area contributed by atoms with E-state index in [-0.39, 0.29) is 10.7 Å². The van der Waals surface area contributed by atoms with E-state index in [1.165, 1.54) is 17.7 Å². The summed E-state index contributed by atoms with van der Waals surface area (Å²) in [6, 6.07) is 16.4. The molecule has 150 valence electrons. The Morgan fingerprint density at radius 2 is 1.72 bits per heavy atom. The lowest BCUT2D eigenvalue weighted by Gasteiger charge is -2.28. The molecule has 0 radical (unpaired) electrons. The number of hydrogen-bond donors (Lipinski definition) is 1. The molecule has 0 unspecified atom stereocenters. The van der Waals surface area contributed by atoms with Gasteiger partial charge in [-0.3, -0.25) is 19.8 Å². The topological polar surface area (TPSA) is 58.6 Å². The standard InChI is InChI=1S/C23H24N2O3S/c1-2-3-4-8-15-28-19-13-11-17(12-14-19)16-20-21(26)24-23(29)25(22(20)27)18-9-6-5-7-10-18/h5-7,9-14,16H,2-4,8,15H2,1H3,(H,24,26,29)/b20-16-. The Balaban J connectivity index is 1.72. The Morgan fingerprint density at radius 3 is 2.41 bits per heavy atom. The van der Waals surface area contributed by atoms with E-state index in [0.29, 0.717) is 12.3 Å². The van der Waals surface area contributed by atoms with Crippen LogP contribution >= 0.6 is 12.2 Å². The van der Waals surface area contributed by atoms with Gasteiger partial charge in [0.15, 0.2) is 5.11 Å². The SMILES string of the molecule is CCCCCCOc1ccc(/C=C2/C(=O)NC(=S)N(c3ccccc3)C2=O)cc1. The smallest absolute Gasteiger partial charge is 0.270 e. The summed E-state index contributed by atoms with van der Waals surface area (Å²) in [7, 11) is 0. The highest BCUT2D eigenvalue weighted by Gasteiger charge is 2.34. The van der Waals surface area contributed by atoms with Crippen LogP contribution in [0.15, 0.2) is 60.2 Å². The Kier molecular flexibility index (Phi) is 7.14. The second kappa shape index (κ2) is 9.98. The maximum Gasteiger partial charge on any atom is 0.270 e. The molecule has 0 aliphatic carbocycles. The fourth-order valence-corrected chi connectivity index (χ4v) is 3.30. The maximum atomic E-state index is 12.9. The minimum atomic E-state index is -0.497. The van der Waals surface area contributed by atoms with Gasteiger partial charge in [0.25, 0.3) is 11.8 Å². The van der Waals surface area contributed by atoms with Gasteiger partial charge in [0.1, 0.15) is 11.3 Å². The van der Waals surface area contributed by atoms with E-state index in [1.807, 2.05) is 42.5 Å². The monoisotopic (exact) mass is 408 g/mol. The Bertz CT molecular complexity index is 907. The molecule has 2 amide bonds. The summed E-state index contributed by atoms with van der Waals surface area (Å²) >= 11 is 5.19. The predicted molar refractivity (Wildman–Crippen MR) is 119 cm³/mol. The van der Waals surface area contributed by atoms with Gasteiger partial charge in [-0.15, -0.1) is 0 Å². The van der Waals surface area contributed by atoms with Gasteiger partial charge in [-0.05, 0) is 54.5 Å². The van der Waals surface area contributed by atoms with Gasteiger partial charge in [0.05, 0.1) is 12.3 Å². The lowest BCUT2D eigenvalue weighted by molar-refractivity contribution is -0.122. The number of benzene rings is 2. The molecule has 1 saturated heterocycles. The molecule has 2 aromatic rings. The van der Waals surface area contributed by atoms with Crippen molar-refractivity contribution in [1.29, 1.82) is 0 Å². The van der Waals surface area contributed by atoms with Crippen molar-refractivity contribution in [3.63, 3.8) is 0 Å². The highest BCUT2D eigenvalue weighted by atomic mass is 32.1. The van der Waals surface area contributed by atoms with Crippen molar-refractivity contribution in [2.75, 3.05) is 11.5 Å². The second-order valence-electron chi connectivity index (χ2n) is 6.77. The van der Waals surface area contributed by atoms with Crippen LogP contribution in [-0.4, -0.2) is 23.5 Å². The van der Waals surface area contributed by atoms with Crippen molar-refractivity contribution in [2.45, 2.75) is 32.6 Å². The third-order valence-electron chi connectivity index (χ3n) is 4.57. The number of nitrogens with zero attached hydrogens (tertiary/aromatic N) is 1. The number of carbonyl (C=O) groups excluding carboxylic acids is 2. The highest BCUT2D eigenvalue weighted by molar-refractivity contribution is 7.80. The van der Waals surface area contributed by atoms with Crippen molar-refractivity contribution in [2.24, 2.45) is 0 Å². The number of rotatable bonds is 8. The number of ether oxygens (including phenoxy) is 1. The van der Waals surface area contributed by atoms with Crippen LogP contribution in [0.5, 0.6) is 5.75 Å². The molecule has 0 saturated carbocycles. The van der Waals surface area contributed by atoms with E-state index < -0.39 is 11.8 Å². The minimum absolute atomic E-state index is 0.0377. The van der Waals surface area contributed by atoms with Crippen LogP contribution in [0.25, 0.3) is 6.08 Å². The van der Waals surface area contributed by atoms with E-state index >= 15 is 0 Å². The fourth-order valence-electron chi connectivity index (χ4n) is 3.01. The van der Waals surface area contributed by atoms with Crippen molar-refractivity contribution in [3.05, 3.63) is 65.7 Å². The number of hydrogen-bond acceptors (Lipinski definition) is 4. The third-order valence-corrected chi connectivity index (χ3v) is 4.86. The molecule has 5 nitrogen and oxygen atoms in total. The maximum absolute atomic E-state index is 12.9. The molecule has 3 rings (SSSR count). The molecule has 1 heterocycles. The van der Waals surface area contributed by atoms with Gasteiger partial charge in [-0.2, -0.15) is 0 Å². The zero-order valence-corrected chi connectivity index (χ0v) is 17.2. The van der Waals surface area contributed by atoms with E-state index in [2.05, 4.69) is 12.2 Å². The van der Waals surface area contributed by atoms with Crippen LogP contribution in [0, 0.1) is 0 Å². The molecular weight excluding hydrogens is 384 g/mol. The van der Waals surface area contributed by atoms with Gasteiger partial charge < -0.3 is 4.74 Å². The largest absolute Gasteiger partial charge is 0.494 e. The Morgan fingerprint density at radius 1 is 1.00 bits per heavy atom. The van der Waals surface area contributed by atoms with Crippen molar-refractivity contribution < 1.29 is 14.3 Å². The number of anilines is 1. The molecule has 0 spiro atoms. The van der Waals surface area contributed by atoms with Crippen LogP contribution in [-0.2, 0) is 9.59 Å². The molecule has 1 N–H and O–H groups in total. The zero-order valence-electron chi connectivity index (χ0n) is 16.4. The van der Waals surface area contributed by atoms with E-state index in [0.717, 1.165) is 24.2 Å². The molecule has 1 aliphatic heterocycles. The summed E-state index contributed by atoms with van der Waals surface area (Å²) in [4.78, 5) is 26.6. The molecule has 0 aromatic heterocycles. The molecule has 0 atom stereocenters. The number of amides is 2. The molecule has 1 fully saturated rings. The minimum Gasteiger partial charge on any atom is -0.494 e. The summed E-state index contributed by atoms with van der Waals surface area (Å²) in [5.74, 6) is -0.167. The first-order valence-electron chi connectivity index (χ1n) is 9.79. The van der Waals surface area contributed by atoms with Gasteiger partial charge in [-0.25, -0.2) is 0 Å². The first kappa shape index (κ1) is 20.7. The van der Waals surface area contributed by atoms with Crippen LogP contribution in [0.3, 0.4) is 0 Å². The predicted octanol–water partition coefficient (Wildman–Crippen LogP) is 4.48. The highest BCUT2D eigenvalue weighted by Crippen LogP contribution is 2.22. The summed E-state index contributed by atoms with van der Waals surface area (Å²) < 4.78 is 5.74. The van der Waals surface area contributed by atoms with Gasteiger partial charge in [0.2, 0.25) is 0 Å². The number of unbranched alkanes of at least 4 members (excludes halogenated alkanes) is 3. The number of para-hydroxylation sites is 1. The molecule has 2 aromatic carbocycles. The van der Waals surface area contributed by atoms with Crippen LogP contribution in [0.1, 0.15) is 38.2 Å². The molecule has 29 heavy (non-hydrogen) atoms. The first-order valence-corrected chi connectivity index (χ1v) is 10.2. The molecule has 6 heteroatoms. The van der Waals surface area contributed by atoms with E-state index in [4.69, 9.17) is 17.0 Å². The van der Waals surface area contributed by atoms with Gasteiger partial charge in [-0.1, -0.05) is 56.5 Å². The zero-order chi connectivity index (χ0) is 20.6. The van der Waals surface area contributed by atoms with Crippen molar-refractivity contribution in [1.82, 2.24) is 5.32 Å². The normalized spacial score (nSPS) is 15.6. The Hall–Kier alpha value is -2.99. The molecule has 0 bridgehead atoms. The summed E-state index contributed by atoms with van der Waals surface area (Å²) in [6.45, 7) is 2.86. The quantitative estimate of drug-likeness (QED) is 0.303. The van der Waals surface area contributed by atoms with Gasteiger partial charge in [0, 0.05) is 0 Å². The lowest BCUT2D eigenvalue weighted by atomic mass is 10.1. The summed E-state index contributed by atoms with van der Waals surface area (Å²) in [5.41, 5.74) is 1.39. The first-order chi connectivity index (χ1) is 14.1. The summed E-state index contributed by atoms with van der Waals surface area (Å²) in [6.07, 6.45) is 6.18. The van der Waals surface area contributed by atoms with Crippen LogP contribution in [0.2, 0.25) is 0 Å².